The Bertz CT molecular complexity index is 450. The monoisotopic (exact) mass is 277 g/mol. The van der Waals surface area contributed by atoms with Crippen LogP contribution < -0.4 is 15.1 Å². The minimum Gasteiger partial charge on any atom is -0.383 e. The van der Waals surface area contributed by atoms with Crippen LogP contribution >= 0.6 is 0 Å². The van der Waals surface area contributed by atoms with Crippen LogP contribution in [0.1, 0.15) is 6.42 Å². The van der Waals surface area contributed by atoms with Crippen LogP contribution in [0.5, 0.6) is 0 Å². The molecule has 1 N–H and O–H groups in total. The van der Waals surface area contributed by atoms with Gasteiger partial charge in [0.15, 0.2) is 0 Å². The highest BCUT2D eigenvalue weighted by atomic mass is 16.5. The van der Waals surface area contributed by atoms with Crippen molar-refractivity contribution in [3.05, 3.63) is 24.3 Å². The number of carbonyl (C=O) groups is 1. The van der Waals surface area contributed by atoms with Crippen molar-refractivity contribution >= 4 is 17.3 Å². The number of ether oxygens (including phenoxy) is 1. The number of fused-ring (bicyclic) bond motifs is 1. The van der Waals surface area contributed by atoms with Gasteiger partial charge in [0.2, 0.25) is 5.91 Å². The van der Waals surface area contributed by atoms with Crippen molar-refractivity contribution in [2.75, 3.05) is 56.7 Å². The van der Waals surface area contributed by atoms with Crippen molar-refractivity contribution in [1.82, 2.24) is 5.32 Å². The molecule has 0 bridgehead atoms. The van der Waals surface area contributed by atoms with Crippen LogP contribution in [-0.2, 0) is 9.53 Å². The zero-order valence-corrected chi connectivity index (χ0v) is 12.3. The molecular formula is C15H23N3O2. The molecule has 1 heterocycles. The Kier molecular flexibility index (Phi) is 5.38. The summed E-state index contributed by atoms with van der Waals surface area (Å²) in [6.07, 6.45) is 0.981. The van der Waals surface area contributed by atoms with Gasteiger partial charge < -0.3 is 19.9 Å². The Morgan fingerprint density at radius 1 is 1.30 bits per heavy atom. The Morgan fingerprint density at radius 2 is 2.05 bits per heavy atom. The number of para-hydroxylation sites is 2. The van der Waals surface area contributed by atoms with E-state index >= 15 is 0 Å². The predicted octanol–water partition coefficient (Wildman–Crippen LogP) is 1.10. The Hall–Kier alpha value is -1.59. The highest BCUT2D eigenvalue weighted by Gasteiger charge is 2.22. The second-order valence-corrected chi connectivity index (χ2v) is 4.98. The van der Waals surface area contributed by atoms with Crippen LogP contribution in [0.25, 0.3) is 0 Å². The summed E-state index contributed by atoms with van der Waals surface area (Å²) in [5.41, 5.74) is 2.13. The Balaban J connectivity index is 2.07. The van der Waals surface area contributed by atoms with Crippen molar-refractivity contribution in [3.8, 4) is 0 Å². The van der Waals surface area contributed by atoms with Crippen molar-refractivity contribution < 1.29 is 9.53 Å². The molecule has 0 atom stereocenters. The number of anilines is 2. The molecule has 1 aliphatic rings. The molecule has 0 spiro atoms. The van der Waals surface area contributed by atoms with E-state index in [4.69, 9.17) is 4.74 Å². The lowest BCUT2D eigenvalue weighted by atomic mass is 10.2. The van der Waals surface area contributed by atoms with Crippen LogP contribution in [-0.4, -0.2) is 52.9 Å². The third-order valence-electron chi connectivity index (χ3n) is 3.52. The fourth-order valence-electron chi connectivity index (χ4n) is 2.45. The average molecular weight is 277 g/mol. The number of benzene rings is 1. The highest BCUT2D eigenvalue weighted by Crippen LogP contribution is 2.31. The molecule has 110 valence electrons. The lowest BCUT2D eigenvalue weighted by Crippen LogP contribution is -2.39. The van der Waals surface area contributed by atoms with Gasteiger partial charge in [-0.15, -0.1) is 0 Å². The van der Waals surface area contributed by atoms with Gasteiger partial charge in [0.1, 0.15) is 0 Å². The van der Waals surface area contributed by atoms with Crippen molar-refractivity contribution in [2.24, 2.45) is 0 Å². The first-order valence-electron chi connectivity index (χ1n) is 7.04. The second-order valence-electron chi connectivity index (χ2n) is 4.98. The largest absolute Gasteiger partial charge is 0.383 e. The number of nitrogens with zero attached hydrogens (tertiary/aromatic N) is 2. The molecule has 0 aliphatic carbocycles. The van der Waals surface area contributed by atoms with E-state index in [0.29, 0.717) is 19.7 Å². The number of methoxy groups -OCH3 is 1. The fourth-order valence-corrected chi connectivity index (χ4v) is 2.45. The minimum absolute atomic E-state index is 0.115. The van der Waals surface area contributed by atoms with Gasteiger partial charge in [0.05, 0.1) is 24.5 Å². The van der Waals surface area contributed by atoms with E-state index in [1.165, 1.54) is 0 Å². The van der Waals surface area contributed by atoms with Gasteiger partial charge in [-0.05, 0) is 18.6 Å². The third-order valence-corrected chi connectivity index (χ3v) is 3.52. The first-order valence-corrected chi connectivity index (χ1v) is 7.04. The molecule has 0 unspecified atom stereocenters. The maximum absolute atomic E-state index is 12.4. The summed E-state index contributed by atoms with van der Waals surface area (Å²) in [6, 6.07) is 8.08. The zero-order chi connectivity index (χ0) is 14.4. The summed E-state index contributed by atoms with van der Waals surface area (Å²) in [5.74, 6) is 0.115. The molecule has 1 aromatic carbocycles. The number of hydrogen-bond acceptors (Lipinski definition) is 4. The number of hydrogen-bond donors (Lipinski definition) is 1. The molecule has 0 saturated heterocycles. The topological polar surface area (TPSA) is 44.8 Å². The first-order chi connectivity index (χ1) is 9.74. The predicted molar refractivity (Wildman–Crippen MR) is 81.4 cm³/mol. The molecule has 0 radical (unpaired) electrons. The van der Waals surface area contributed by atoms with Crippen molar-refractivity contribution in [3.63, 3.8) is 0 Å². The summed E-state index contributed by atoms with van der Waals surface area (Å²) < 4.78 is 4.97. The highest BCUT2D eigenvalue weighted by molar-refractivity contribution is 5.98. The smallest absolute Gasteiger partial charge is 0.241 e. The standard InChI is InChI=1S/C15H23N3O2/c1-17-9-5-10-18(14-7-4-3-6-13(14)17)15(19)12-16-8-11-20-2/h3-4,6-7,16H,5,8-12H2,1-2H3. The number of nitrogens with one attached hydrogen (secondary N) is 1. The molecule has 1 aromatic rings. The normalized spacial score (nSPS) is 14.9. The molecule has 1 amide bonds. The van der Waals surface area contributed by atoms with Crippen molar-refractivity contribution in [2.45, 2.75) is 6.42 Å². The summed E-state index contributed by atoms with van der Waals surface area (Å²) in [5, 5.41) is 3.12. The molecule has 0 saturated carbocycles. The number of carbonyl (C=O) groups excluding carboxylic acids is 1. The van der Waals surface area contributed by atoms with Gasteiger partial charge in [0.25, 0.3) is 0 Å². The number of amides is 1. The van der Waals surface area contributed by atoms with Gasteiger partial charge in [-0.3, -0.25) is 4.79 Å². The maximum Gasteiger partial charge on any atom is 0.241 e. The molecule has 0 aromatic heterocycles. The second kappa shape index (κ2) is 7.26. The van der Waals surface area contributed by atoms with Gasteiger partial charge >= 0.3 is 0 Å². The lowest BCUT2D eigenvalue weighted by molar-refractivity contribution is -0.117. The van der Waals surface area contributed by atoms with Crippen LogP contribution in [0, 0.1) is 0 Å². The zero-order valence-electron chi connectivity index (χ0n) is 12.3. The van der Waals surface area contributed by atoms with Crippen molar-refractivity contribution in [1.29, 1.82) is 0 Å². The molecule has 1 aliphatic heterocycles. The van der Waals surface area contributed by atoms with E-state index in [2.05, 4.69) is 23.3 Å². The van der Waals surface area contributed by atoms with Gasteiger partial charge in [-0.25, -0.2) is 0 Å². The molecular weight excluding hydrogens is 254 g/mol. The van der Waals surface area contributed by atoms with E-state index in [0.717, 1.165) is 30.9 Å². The van der Waals surface area contributed by atoms with E-state index in [1.807, 2.05) is 23.1 Å². The SMILES string of the molecule is COCCNCC(=O)N1CCCN(C)c2ccccc21. The van der Waals surface area contributed by atoms with Crippen LogP contribution in [0.4, 0.5) is 11.4 Å². The summed E-state index contributed by atoms with van der Waals surface area (Å²) in [4.78, 5) is 16.5. The Labute approximate surface area is 120 Å². The van der Waals surface area contributed by atoms with Crippen LogP contribution in [0.15, 0.2) is 24.3 Å². The maximum atomic E-state index is 12.4. The van der Waals surface area contributed by atoms with Crippen LogP contribution in [0.2, 0.25) is 0 Å². The Morgan fingerprint density at radius 3 is 2.80 bits per heavy atom. The van der Waals surface area contributed by atoms with Crippen LogP contribution in [0.3, 0.4) is 0 Å². The first kappa shape index (κ1) is 14.8. The molecule has 5 nitrogen and oxygen atoms in total. The van der Waals surface area contributed by atoms with Gasteiger partial charge in [-0.1, -0.05) is 12.1 Å². The average Bonchev–Trinajstić information content (AvgIpc) is 2.63. The summed E-state index contributed by atoms with van der Waals surface area (Å²) >= 11 is 0. The quantitative estimate of drug-likeness (QED) is 0.819. The molecule has 0 fully saturated rings. The summed E-state index contributed by atoms with van der Waals surface area (Å²) in [6.45, 7) is 3.40. The van der Waals surface area contributed by atoms with E-state index in [-0.39, 0.29) is 5.91 Å². The fraction of sp³-hybridized carbons (Fsp3) is 0.533. The van der Waals surface area contributed by atoms with Gasteiger partial charge in [-0.2, -0.15) is 0 Å². The third kappa shape index (κ3) is 3.49. The van der Waals surface area contributed by atoms with Gasteiger partial charge in [0, 0.05) is 33.8 Å². The van der Waals surface area contributed by atoms with E-state index < -0.39 is 0 Å². The van der Waals surface area contributed by atoms with E-state index in [1.54, 1.807) is 7.11 Å². The van der Waals surface area contributed by atoms with E-state index in [9.17, 15) is 4.79 Å². The molecule has 20 heavy (non-hydrogen) atoms. The molecule has 2 rings (SSSR count). The minimum atomic E-state index is 0.115. The lowest BCUT2D eigenvalue weighted by Gasteiger charge is -2.24. The summed E-state index contributed by atoms with van der Waals surface area (Å²) in [7, 11) is 3.73. The number of rotatable bonds is 5. The molecule has 5 heteroatoms.